The van der Waals surface area contributed by atoms with Crippen molar-refractivity contribution < 1.29 is 41.8 Å². The van der Waals surface area contributed by atoms with Crippen molar-refractivity contribution >= 4 is 18.1 Å². The maximum absolute atomic E-state index is 13.3. The van der Waals surface area contributed by atoms with Gasteiger partial charge in [-0.1, -0.05) is 36.4 Å². The quantitative estimate of drug-likeness (QED) is 0.435. The Labute approximate surface area is 231 Å². The first-order chi connectivity index (χ1) is 18.7. The lowest BCUT2D eigenvalue weighted by Crippen LogP contribution is -2.48. The van der Waals surface area contributed by atoms with Crippen LogP contribution in [-0.2, 0) is 33.7 Å². The second-order valence-corrected chi connectivity index (χ2v) is 10.4. The number of methoxy groups -OCH3 is 1. The average molecular weight is 566 g/mol. The zero-order valence-electron chi connectivity index (χ0n) is 22.9. The maximum Gasteiger partial charge on any atom is 0.429 e. The minimum Gasteiger partial charge on any atom is -0.497 e. The molecule has 0 bridgehead atoms. The van der Waals surface area contributed by atoms with Gasteiger partial charge in [-0.05, 0) is 62.4 Å². The van der Waals surface area contributed by atoms with Crippen LogP contribution in [0.3, 0.4) is 0 Å². The Bertz CT molecular complexity index is 1180. The molecular formula is C28H34F3N3O6. The van der Waals surface area contributed by atoms with E-state index in [1.54, 1.807) is 32.9 Å². The molecule has 0 radical (unpaired) electrons. The number of cyclic esters (lactones) is 1. The third kappa shape index (κ3) is 9.35. The smallest absolute Gasteiger partial charge is 0.429 e. The highest BCUT2D eigenvalue weighted by Crippen LogP contribution is 2.25. The number of hydrogen-bond donors (Lipinski definition) is 1. The number of amides is 3. The molecule has 2 aromatic carbocycles. The summed E-state index contributed by atoms with van der Waals surface area (Å²) in [5.41, 5.74) is 3.47. The number of hydrazine groups is 1. The van der Waals surface area contributed by atoms with E-state index in [0.717, 1.165) is 10.6 Å². The fourth-order valence-corrected chi connectivity index (χ4v) is 4.13. The Hall–Kier alpha value is -3.96. The molecule has 1 atom stereocenters. The number of hydrogen-bond acceptors (Lipinski definition) is 6. The highest BCUT2D eigenvalue weighted by Gasteiger charge is 2.36. The lowest BCUT2D eigenvalue weighted by atomic mass is 10.0. The van der Waals surface area contributed by atoms with Crippen LogP contribution in [-0.4, -0.2) is 66.1 Å². The molecule has 1 N–H and O–H groups in total. The van der Waals surface area contributed by atoms with Crippen LogP contribution >= 0.6 is 0 Å². The molecule has 1 saturated heterocycles. The normalized spacial score (nSPS) is 15.4. The Kier molecular flexibility index (Phi) is 9.88. The van der Waals surface area contributed by atoms with Crippen LogP contribution in [0.25, 0.3) is 0 Å². The fourth-order valence-electron chi connectivity index (χ4n) is 4.13. The summed E-state index contributed by atoms with van der Waals surface area (Å²) in [6.07, 6.45) is -5.91. The summed E-state index contributed by atoms with van der Waals surface area (Å²) in [4.78, 5) is 38.2. The minimum absolute atomic E-state index is 0.0765. The summed E-state index contributed by atoms with van der Waals surface area (Å²) in [5.74, 6) is -0.0964. The van der Waals surface area contributed by atoms with E-state index in [2.05, 4.69) is 5.43 Å². The number of nitrogens with one attached hydrogen (secondary N) is 1. The van der Waals surface area contributed by atoms with Gasteiger partial charge in [0.1, 0.15) is 24.5 Å². The van der Waals surface area contributed by atoms with Crippen molar-refractivity contribution in [3.05, 3.63) is 65.2 Å². The van der Waals surface area contributed by atoms with Crippen LogP contribution in [0, 0.1) is 0 Å². The van der Waals surface area contributed by atoms with E-state index in [1.807, 2.05) is 30.3 Å². The van der Waals surface area contributed by atoms with E-state index in [1.165, 1.54) is 13.2 Å². The number of alkyl halides is 3. The zero-order chi connectivity index (χ0) is 29.5. The SMILES string of the molecule is COc1ccc(CCC(=O)NN2C(=O)OC[C@H]2Cc2ccccc2)c(CN(CC(F)(F)F)C(=O)OC(C)(C)C)c1. The lowest BCUT2D eigenvalue weighted by Gasteiger charge is -2.29. The maximum atomic E-state index is 13.3. The molecule has 9 nitrogen and oxygen atoms in total. The van der Waals surface area contributed by atoms with Crippen molar-refractivity contribution in [2.45, 2.75) is 64.4 Å². The predicted octanol–water partition coefficient (Wildman–Crippen LogP) is 5.02. The van der Waals surface area contributed by atoms with Crippen LogP contribution in [0.2, 0.25) is 0 Å². The largest absolute Gasteiger partial charge is 0.497 e. The summed E-state index contributed by atoms with van der Waals surface area (Å²) in [7, 11) is 1.41. The van der Waals surface area contributed by atoms with Gasteiger partial charge in [-0.15, -0.1) is 0 Å². The molecule has 12 heteroatoms. The molecule has 3 amide bonds. The first kappa shape index (κ1) is 30.6. The van der Waals surface area contributed by atoms with E-state index in [-0.39, 0.29) is 25.5 Å². The first-order valence-electron chi connectivity index (χ1n) is 12.7. The van der Waals surface area contributed by atoms with Gasteiger partial charge in [0.25, 0.3) is 0 Å². The van der Waals surface area contributed by atoms with Crippen molar-refractivity contribution in [3.63, 3.8) is 0 Å². The summed E-state index contributed by atoms with van der Waals surface area (Å²) in [6, 6.07) is 13.8. The Balaban J connectivity index is 1.71. The van der Waals surface area contributed by atoms with Gasteiger partial charge in [0.2, 0.25) is 5.91 Å². The number of ether oxygens (including phenoxy) is 3. The minimum atomic E-state index is -4.66. The highest BCUT2D eigenvalue weighted by atomic mass is 19.4. The second-order valence-electron chi connectivity index (χ2n) is 10.4. The topological polar surface area (TPSA) is 97.4 Å². The molecule has 0 saturated carbocycles. The number of carbonyl (C=O) groups excluding carboxylic acids is 3. The average Bonchev–Trinajstić information content (AvgIpc) is 3.20. The highest BCUT2D eigenvalue weighted by molar-refractivity contribution is 5.80. The van der Waals surface area contributed by atoms with Gasteiger partial charge < -0.3 is 14.2 Å². The van der Waals surface area contributed by atoms with Gasteiger partial charge in [-0.25, -0.2) is 14.6 Å². The molecular weight excluding hydrogens is 531 g/mol. The molecule has 40 heavy (non-hydrogen) atoms. The third-order valence-electron chi connectivity index (χ3n) is 5.94. The van der Waals surface area contributed by atoms with E-state index in [0.29, 0.717) is 28.2 Å². The molecule has 1 aliphatic rings. The summed E-state index contributed by atoms with van der Waals surface area (Å²) >= 11 is 0. The Morgan fingerprint density at radius 1 is 1.10 bits per heavy atom. The van der Waals surface area contributed by atoms with Gasteiger partial charge in [0.05, 0.1) is 13.2 Å². The van der Waals surface area contributed by atoms with Gasteiger partial charge in [-0.3, -0.25) is 15.1 Å². The number of benzene rings is 2. The zero-order valence-corrected chi connectivity index (χ0v) is 22.9. The molecule has 218 valence electrons. The Morgan fingerprint density at radius 2 is 1.80 bits per heavy atom. The second kappa shape index (κ2) is 12.9. The molecule has 0 aromatic heterocycles. The van der Waals surface area contributed by atoms with Crippen LogP contribution < -0.4 is 10.2 Å². The van der Waals surface area contributed by atoms with Gasteiger partial charge >= 0.3 is 18.4 Å². The van der Waals surface area contributed by atoms with Crippen LogP contribution in [0.5, 0.6) is 5.75 Å². The van der Waals surface area contributed by atoms with E-state index in [9.17, 15) is 27.6 Å². The molecule has 1 fully saturated rings. The molecule has 2 aromatic rings. The predicted molar refractivity (Wildman–Crippen MR) is 139 cm³/mol. The third-order valence-corrected chi connectivity index (χ3v) is 5.94. The Morgan fingerprint density at radius 3 is 2.42 bits per heavy atom. The van der Waals surface area contributed by atoms with Gasteiger partial charge in [0, 0.05) is 13.0 Å². The van der Waals surface area contributed by atoms with Crippen LogP contribution in [0.15, 0.2) is 48.5 Å². The summed E-state index contributed by atoms with van der Waals surface area (Å²) in [5, 5.41) is 1.16. The number of rotatable bonds is 10. The molecule has 1 heterocycles. The monoisotopic (exact) mass is 565 g/mol. The first-order valence-corrected chi connectivity index (χ1v) is 12.7. The molecule has 1 aliphatic heterocycles. The van der Waals surface area contributed by atoms with Crippen LogP contribution in [0.4, 0.5) is 22.8 Å². The summed E-state index contributed by atoms with van der Waals surface area (Å²) < 4.78 is 55.5. The number of carbonyl (C=O) groups is 3. The fraction of sp³-hybridized carbons (Fsp3) is 0.464. The number of aryl methyl sites for hydroxylation is 1. The van der Waals surface area contributed by atoms with Crippen molar-refractivity contribution in [2.75, 3.05) is 20.3 Å². The van der Waals surface area contributed by atoms with Gasteiger partial charge in [0.15, 0.2) is 0 Å². The van der Waals surface area contributed by atoms with Crippen molar-refractivity contribution in [2.24, 2.45) is 0 Å². The molecule has 0 spiro atoms. The van der Waals surface area contributed by atoms with Crippen molar-refractivity contribution in [1.82, 2.24) is 15.3 Å². The van der Waals surface area contributed by atoms with Crippen molar-refractivity contribution in [1.29, 1.82) is 0 Å². The molecule has 0 aliphatic carbocycles. The van der Waals surface area contributed by atoms with Crippen molar-refractivity contribution in [3.8, 4) is 5.75 Å². The van der Waals surface area contributed by atoms with Gasteiger partial charge in [-0.2, -0.15) is 13.2 Å². The number of halogens is 3. The van der Waals surface area contributed by atoms with Crippen LogP contribution in [0.1, 0.15) is 43.9 Å². The standard InChI is InChI=1S/C28H34F3N3O6/c1-27(2,3)40-25(36)33(18-28(29,30)31)16-21-15-23(38-4)12-10-20(21)11-13-24(35)32-34-22(17-39-26(34)37)14-19-8-6-5-7-9-19/h5-10,12,15,22H,11,13-14,16-18H2,1-4H3,(H,32,35)/t22-/m1/s1. The lowest BCUT2D eigenvalue weighted by molar-refractivity contribution is -0.145. The van der Waals surface area contributed by atoms with E-state index < -0.39 is 43.0 Å². The van der Waals surface area contributed by atoms with E-state index >= 15 is 0 Å². The number of nitrogens with zero attached hydrogens (tertiary/aromatic N) is 2. The van der Waals surface area contributed by atoms with E-state index in [4.69, 9.17) is 14.2 Å². The molecule has 0 unspecified atom stereocenters. The summed E-state index contributed by atoms with van der Waals surface area (Å²) in [6.45, 7) is 2.88. The molecule has 3 rings (SSSR count).